The van der Waals surface area contributed by atoms with E-state index in [0.717, 1.165) is 25.7 Å². The summed E-state index contributed by atoms with van der Waals surface area (Å²) in [5, 5.41) is 12.0. The first-order valence-electron chi connectivity index (χ1n) is 5.56. The van der Waals surface area contributed by atoms with Gasteiger partial charge in [-0.15, -0.1) is 11.3 Å². The van der Waals surface area contributed by atoms with E-state index in [-0.39, 0.29) is 6.42 Å². The summed E-state index contributed by atoms with van der Waals surface area (Å²) in [7, 11) is 0. The molecule has 0 fully saturated rings. The van der Waals surface area contributed by atoms with Gasteiger partial charge < -0.3 is 5.11 Å². The average Bonchev–Trinajstić information content (AvgIpc) is 2.66. The minimum atomic E-state index is -0.827. The largest absolute Gasteiger partial charge is 0.481 e. The lowest BCUT2D eigenvalue weighted by molar-refractivity contribution is -0.136. The molecule has 0 unspecified atom stereocenters. The fourth-order valence-electron chi connectivity index (χ4n) is 2.10. The number of hydrogen-bond donors (Lipinski definition) is 1. The molecule has 19 heavy (non-hydrogen) atoms. The molecule has 0 atom stereocenters. The van der Waals surface area contributed by atoms with Crippen molar-refractivity contribution in [3.05, 3.63) is 45.9 Å². The molecule has 0 spiro atoms. The molecule has 0 aliphatic carbocycles. The number of aliphatic carboxylic acids is 1. The number of rotatable bonds is 2. The first kappa shape index (κ1) is 12.7. The maximum absolute atomic E-state index is 10.7. The molecule has 3 aromatic rings. The number of carbonyl (C=O) groups is 1. The molecule has 0 bridgehead atoms. The first-order chi connectivity index (χ1) is 9.04. The van der Waals surface area contributed by atoms with Crippen molar-refractivity contribution in [2.45, 2.75) is 6.42 Å². The van der Waals surface area contributed by atoms with Crippen LogP contribution in [0.4, 0.5) is 0 Å². The van der Waals surface area contributed by atoms with Gasteiger partial charge in [0.1, 0.15) is 0 Å². The summed E-state index contributed by atoms with van der Waals surface area (Å²) in [5.41, 5.74) is 0.795. The smallest absolute Gasteiger partial charge is 0.307 e. The maximum Gasteiger partial charge on any atom is 0.307 e. The lowest BCUT2D eigenvalue weighted by atomic mass is 10.1. The highest BCUT2D eigenvalue weighted by Crippen LogP contribution is 2.38. The SMILES string of the molecule is O=C(O)Cc1ccc2c(c1)sc1cc(Cl)c(Cl)cc12. The number of hydrogen-bond acceptors (Lipinski definition) is 2. The topological polar surface area (TPSA) is 37.3 Å². The minimum absolute atomic E-state index is 0.0334. The predicted octanol–water partition coefficient (Wildman–Crippen LogP) is 4.99. The highest BCUT2D eigenvalue weighted by atomic mass is 35.5. The normalized spacial score (nSPS) is 11.3. The zero-order chi connectivity index (χ0) is 13.6. The maximum atomic E-state index is 10.7. The van der Waals surface area contributed by atoms with E-state index in [4.69, 9.17) is 28.3 Å². The molecule has 96 valence electrons. The third-order valence-electron chi connectivity index (χ3n) is 2.93. The van der Waals surface area contributed by atoms with Crippen LogP contribution in [0.15, 0.2) is 30.3 Å². The van der Waals surface area contributed by atoms with Gasteiger partial charge in [-0.25, -0.2) is 0 Å². The van der Waals surface area contributed by atoms with Crippen LogP contribution in [0, 0.1) is 0 Å². The van der Waals surface area contributed by atoms with Crippen LogP contribution in [0.1, 0.15) is 5.56 Å². The van der Waals surface area contributed by atoms with Crippen molar-refractivity contribution in [3.63, 3.8) is 0 Å². The minimum Gasteiger partial charge on any atom is -0.481 e. The lowest BCUT2D eigenvalue weighted by Gasteiger charge is -1.98. The second-order valence-corrected chi connectivity index (χ2v) is 6.16. The Morgan fingerprint density at radius 1 is 1.05 bits per heavy atom. The number of benzene rings is 2. The van der Waals surface area contributed by atoms with Crippen molar-refractivity contribution >= 4 is 60.7 Å². The Hall–Kier alpha value is -1.29. The molecule has 1 heterocycles. The summed E-state index contributed by atoms with van der Waals surface area (Å²) in [6.07, 6.45) is 0.0334. The second kappa shape index (κ2) is 4.67. The van der Waals surface area contributed by atoms with Crippen molar-refractivity contribution in [2.75, 3.05) is 0 Å². The van der Waals surface area contributed by atoms with Crippen LogP contribution >= 0.6 is 34.5 Å². The van der Waals surface area contributed by atoms with Gasteiger partial charge in [-0.2, -0.15) is 0 Å². The number of carboxylic acids is 1. The van der Waals surface area contributed by atoms with E-state index in [9.17, 15) is 4.79 Å². The van der Waals surface area contributed by atoms with Crippen LogP contribution in [-0.2, 0) is 11.2 Å². The van der Waals surface area contributed by atoms with Gasteiger partial charge in [0.2, 0.25) is 0 Å². The number of thiophene rings is 1. The van der Waals surface area contributed by atoms with Gasteiger partial charge in [0.15, 0.2) is 0 Å². The van der Waals surface area contributed by atoms with Crippen LogP contribution in [0.5, 0.6) is 0 Å². The van der Waals surface area contributed by atoms with Crippen molar-refractivity contribution in [3.8, 4) is 0 Å². The highest BCUT2D eigenvalue weighted by Gasteiger charge is 2.09. The Bertz CT molecular complexity index is 808. The van der Waals surface area contributed by atoms with E-state index in [2.05, 4.69) is 0 Å². The van der Waals surface area contributed by atoms with Gasteiger partial charge in [-0.3, -0.25) is 4.79 Å². The summed E-state index contributed by atoms with van der Waals surface area (Å²) in [5.74, 6) is -0.827. The van der Waals surface area contributed by atoms with Gasteiger partial charge in [-0.1, -0.05) is 35.3 Å². The highest BCUT2D eigenvalue weighted by molar-refractivity contribution is 7.25. The van der Waals surface area contributed by atoms with E-state index in [0.29, 0.717) is 10.0 Å². The van der Waals surface area contributed by atoms with E-state index < -0.39 is 5.97 Å². The zero-order valence-corrected chi connectivity index (χ0v) is 11.9. The van der Waals surface area contributed by atoms with Gasteiger partial charge in [0, 0.05) is 20.2 Å². The van der Waals surface area contributed by atoms with E-state index in [1.165, 1.54) is 0 Å². The first-order valence-corrected chi connectivity index (χ1v) is 7.14. The van der Waals surface area contributed by atoms with Crippen LogP contribution in [0.25, 0.3) is 20.2 Å². The number of fused-ring (bicyclic) bond motifs is 3. The summed E-state index contributed by atoms with van der Waals surface area (Å²) in [6.45, 7) is 0. The molecule has 1 aromatic heterocycles. The van der Waals surface area contributed by atoms with E-state index in [1.807, 2.05) is 30.3 Å². The van der Waals surface area contributed by atoms with Crippen LogP contribution in [0.2, 0.25) is 10.0 Å². The summed E-state index contributed by atoms with van der Waals surface area (Å²) >= 11 is 13.6. The molecule has 0 amide bonds. The fourth-order valence-corrected chi connectivity index (χ4v) is 3.68. The third-order valence-corrected chi connectivity index (χ3v) is 4.77. The van der Waals surface area contributed by atoms with E-state index >= 15 is 0 Å². The molecule has 2 nitrogen and oxygen atoms in total. The summed E-state index contributed by atoms with van der Waals surface area (Å²) in [4.78, 5) is 10.7. The van der Waals surface area contributed by atoms with Crippen LogP contribution < -0.4 is 0 Å². The second-order valence-electron chi connectivity index (χ2n) is 4.27. The summed E-state index contributed by atoms with van der Waals surface area (Å²) in [6, 6.07) is 9.40. The third kappa shape index (κ3) is 2.29. The van der Waals surface area contributed by atoms with Crippen molar-refractivity contribution in [1.29, 1.82) is 0 Å². The molecule has 0 saturated heterocycles. The number of halogens is 2. The van der Waals surface area contributed by atoms with Crippen LogP contribution in [-0.4, -0.2) is 11.1 Å². The molecular formula is C14H8Cl2O2S. The molecule has 1 N–H and O–H groups in total. The molecule has 0 aliphatic heterocycles. The molecule has 3 rings (SSSR count). The van der Waals surface area contributed by atoms with Crippen molar-refractivity contribution in [2.24, 2.45) is 0 Å². The Labute approximate surface area is 123 Å². The monoisotopic (exact) mass is 310 g/mol. The Morgan fingerprint density at radius 3 is 2.47 bits per heavy atom. The van der Waals surface area contributed by atoms with Crippen molar-refractivity contribution < 1.29 is 9.90 Å². The predicted molar refractivity (Wildman–Crippen MR) is 80.7 cm³/mol. The van der Waals surface area contributed by atoms with Gasteiger partial charge in [-0.05, 0) is 23.8 Å². The molecule has 2 aromatic carbocycles. The van der Waals surface area contributed by atoms with Crippen LogP contribution in [0.3, 0.4) is 0 Å². The molecular weight excluding hydrogens is 303 g/mol. The lowest BCUT2D eigenvalue weighted by Crippen LogP contribution is -1.99. The van der Waals surface area contributed by atoms with E-state index in [1.54, 1.807) is 11.3 Å². The molecule has 0 radical (unpaired) electrons. The molecule has 0 aliphatic rings. The molecule has 5 heteroatoms. The summed E-state index contributed by atoms with van der Waals surface area (Å²) < 4.78 is 2.10. The Morgan fingerprint density at radius 2 is 1.74 bits per heavy atom. The van der Waals surface area contributed by atoms with Gasteiger partial charge in [0.05, 0.1) is 16.5 Å². The van der Waals surface area contributed by atoms with Gasteiger partial charge >= 0.3 is 5.97 Å². The Kier molecular flexibility index (Phi) is 3.13. The van der Waals surface area contributed by atoms with Gasteiger partial charge in [0.25, 0.3) is 0 Å². The Balaban J connectivity index is 2.25. The molecule has 0 saturated carbocycles. The fraction of sp³-hybridized carbons (Fsp3) is 0.0714. The standard InChI is InChI=1S/C14H8Cl2O2S/c15-10-5-9-8-2-1-7(4-14(17)18)3-12(8)19-13(9)6-11(10)16/h1-3,5-6H,4H2,(H,17,18). The quantitative estimate of drug-likeness (QED) is 0.724. The average molecular weight is 311 g/mol. The zero-order valence-electron chi connectivity index (χ0n) is 9.61. The number of carboxylic acid groups (broad SMARTS) is 1. The van der Waals surface area contributed by atoms with Crippen molar-refractivity contribution in [1.82, 2.24) is 0 Å².